The van der Waals surface area contributed by atoms with Crippen LogP contribution in [0.3, 0.4) is 0 Å². The minimum Gasteiger partial charge on any atom is -0.0622 e. The van der Waals surface area contributed by atoms with Gasteiger partial charge >= 0.3 is 0 Å². The Kier molecular flexibility index (Phi) is 7.52. The van der Waals surface area contributed by atoms with E-state index in [2.05, 4.69) is 208 Å². The average molecular weight is 723 g/mol. The van der Waals surface area contributed by atoms with Gasteiger partial charge in [-0.3, -0.25) is 0 Å². The second kappa shape index (κ2) is 12.4. The van der Waals surface area contributed by atoms with Crippen LogP contribution in [0, 0.1) is 0 Å². The quantitative estimate of drug-likeness (QED) is 0.155. The molecule has 0 nitrogen and oxygen atoms in total. The van der Waals surface area contributed by atoms with E-state index < -0.39 is 16.1 Å². The molecule has 8 aromatic carbocycles. The lowest BCUT2D eigenvalue weighted by atomic mass is 9.90. The Morgan fingerprint density at radius 3 is 0.759 bits per heavy atom. The molecule has 0 unspecified atom stereocenters. The molecule has 10 rings (SSSR count). The summed E-state index contributed by atoms with van der Waals surface area (Å²) in [5, 5.41) is 6.14. The van der Waals surface area contributed by atoms with E-state index >= 15 is 0 Å². The molecular weight excluding hydrogens is 681 g/mol. The van der Waals surface area contributed by atoms with Crippen molar-refractivity contribution in [3.63, 3.8) is 0 Å². The van der Waals surface area contributed by atoms with Crippen molar-refractivity contribution in [1.82, 2.24) is 0 Å². The molecule has 0 saturated carbocycles. The van der Waals surface area contributed by atoms with Crippen molar-refractivity contribution < 1.29 is 0 Å². The fraction of sp³-hybridized carbons (Fsp3) is 0.0769. The van der Waals surface area contributed by atoms with Crippen molar-refractivity contribution >= 4 is 36.9 Å². The van der Waals surface area contributed by atoms with Gasteiger partial charge in [-0.2, -0.15) is 0 Å². The molecule has 0 saturated heterocycles. The molecule has 2 heterocycles. The van der Waals surface area contributed by atoms with Crippen LogP contribution in [-0.4, -0.2) is 16.1 Å². The van der Waals surface area contributed by atoms with E-state index in [1.165, 1.54) is 98.6 Å². The predicted molar refractivity (Wildman–Crippen MR) is 238 cm³/mol. The molecular formula is C52H42Si2. The third-order valence-electron chi connectivity index (χ3n) is 12.3. The first-order valence-electron chi connectivity index (χ1n) is 19.2. The van der Waals surface area contributed by atoms with Crippen molar-refractivity contribution in [3.05, 3.63) is 182 Å². The highest BCUT2D eigenvalue weighted by Gasteiger charge is 2.39. The summed E-state index contributed by atoms with van der Waals surface area (Å²) in [6, 6.07) is 68.7. The van der Waals surface area contributed by atoms with Crippen molar-refractivity contribution in [2.75, 3.05) is 0 Å². The minimum atomic E-state index is -1.83. The second-order valence-electron chi connectivity index (χ2n) is 16.2. The van der Waals surface area contributed by atoms with Crippen LogP contribution in [0.4, 0.5) is 0 Å². The summed E-state index contributed by atoms with van der Waals surface area (Å²) in [6.45, 7) is 10.0. The van der Waals surface area contributed by atoms with Crippen molar-refractivity contribution in [3.8, 4) is 77.9 Å². The molecule has 0 radical (unpaired) electrons. The third-order valence-corrected chi connectivity index (χ3v) is 19.4. The van der Waals surface area contributed by atoms with Crippen LogP contribution in [0.2, 0.25) is 26.2 Å². The summed E-state index contributed by atoms with van der Waals surface area (Å²) < 4.78 is 0. The maximum Gasteiger partial charge on any atom is 0.113 e. The molecule has 2 heteroatoms. The van der Waals surface area contributed by atoms with Gasteiger partial charge in [0.05, 0.1) is 0 Å². The van der Waals surface area contributed by atoms with Crippen LogP contribution in [0.1, 0.15) is 0 Å². The van der Waals surface area contributed by atoms with Gasteiger partial charge in [-0.25, -0.2) is 0 Å². The monoisotopic (exact) mass is 722 g/mol. The molecule has 0 fully saturated rings. The van der Waals surface area contributed by atoms with Gasteiger partial charge in [0.15, 0.2) is 0 Å². The van der Waals surface area contributed by atoms with E-state index in [1.807, 2.05) is 0 Å². The van der Waals surface area contributed by atoms with Crippen molar-refractivity contribution in [1.29, 1.82) is 0 Å². The Labute approximate surface area is 321 Å². The SMILES string of the molecule is C[Si]1(C)c2ccc(-c3ccccc3)cc2-c2cc(-c3cc(-c4ccccc4)cc(-c4ccc5c(c4)-c4cc(-c6ccccc6)ccc4[Si]5(C)C)c3)ccc21. The number of rotatable bonds is 5. The van der Waals surface area contributed by atoms with Gasteiger partial charge < -0.3 is 0 Å². The molecule has 0 atom stereocenters. The van der Waals surface area contributed by atoms with Gasteiger partial charge in [-0.1, -0.05) is 166 Å². The first-order chi connectivity index (χ1) is 26.3. The molecule has 0 bridgehead atoms. The maximum absolute atomic E-state index is 2.51. The first-order valence-corrected chi connectivity index (χ1v) is 25.2. The van der Waals surface area contributed by atoms with Crippen LogP contribution >= 0.6 is 0 Å². The van der Waals surface area contributed by atoms with Crippen LogP contribution in [0.25, 0.3) is 77.9 Å². The number of hydrogen-bond donors (Lipinski definition) is 0. The zero-order chi connectivity index (χ0) is 36.6. The van der Waals surface area contributed by atoms with E-state index in [4.69, 9.17) is 0 Å². The van der Waals surface area contributed by atoms with E-state index in [0.29, 0.717) is 0 Å². The van der Waals surface area contributed by atoms with E-state index in [9.17, 15) is 0 Å². The number of benzene rings is 8. The largest absolute Gasteiger partial charge is 0.113 e. The minimum absolute atomic E-state index is 1.24. The molecule has 2 aliphatic heterocycles. The molecule has 0 amide bonds. The summed E-state index contributed by atoms with van der Waals surface area (Å²) in [4.78, 5) is 0. The summed E-state index contributed by atoms with van der Waals surface area (Å²) >= 11 is 0. The summed E-state index contributed by atoms with van der Waals surface area (Å²) in [5.74, 6) is 0. The van der Waals surface area contributed by atoms with Crippen LogP contribution in [0.5, 0.6) is 0 Å². The normalized spacial score (nSPS) is 14.2. The Hall–Kier alpha value is -5.81. The van der Waals surface area contributed by atoms with Gasteiger partial charge in [-0.05, 0) is 141 Å². The lowest BCUT2D eigenvalue weighted by molar-refractivity contribution is 1.57. The smallest absolute Gasteiger partial charge is 0.0622 e. The highest BCUT2D eigenvalue weighted by Crippen LogP contribution is 2.39. The summed E-state index contributed by atoms with van der Waals surface area (Å²) in [7, 11) is -3.66. The van der Waals surface area contributed by atoms with E-state index in [1.54, 1.807) is 0 Å². The molecule has 0 aromatic heterocycles. The van der Waals surface area contributed by atoms with Crippen LogP contribution in [0.15, 0.2) is 182 Å². The Bertz CT molecular complexity index is 2570. The lowest BCUT2D eigenvalue weighted by Crippen LogP contribution is -2.49. The topological polar surface area (TPSA) is 0 Å². The first kappa shape index (κ1) is 32.8. The van der Waals surface area contributed by atoms with Gasteiger partial charge in [0.2, 0.25) is 0 Å². The zero-order valence-electron chi connectivity index (χ0n) is 31.3. The molecule has 258 valence electrons. The molecule has 0 N–H and O–H groups in total. The fourth-order valence-electron chi connectivity index (χ4n) is 9.28. The van der Waals surface area contributed by atoms with Crippen LogP contribution in [-0.2, 0) is 0 Å². The maximum atomic E-state index is 2.51. The molecule has 8 aromatic rings. The highest BCUT2D eigenvalue weighted by molar-refractivity contribution is 7.04. The number of hydrogen-bond acceptors (Lipinski definition) is 0. The molecule has 0 spiro atoms. The Balaban J connectivity index is 1.12. The lowest BCUT2D eigenvalue weighted by Gasteiger charge is -2.19. The van der Waals surface area contributed by atoms with E-state index in [0.717, 1.165) is 0 Å². The Morgan fingerprint density at radius 1 is 0.222 bits per heavy atom. The summed E-state index contributed by atoms with van der Waals surface area (Å²) in [6.07, 6.45) is 0. The molecule has 54 heavy (non-hydrogen) atoms. The van der Waals surface area contributed by atoms with Gasteiger partial charge in [0.25, 0.3) is 0 Å². The fourth-order valence-corrected chi connectivity index (χ4v) is 15.4. The Morgan fingerprint density at radius 2 is 0.463 bits per heavy atom. The van der Waals surface area contributed by atoms with Gasteiger partial charge in [0.1, 0.15) is 16.1 Å². The zero-order valence-corrected chi connectivity index (χ0v) is 33.3. The highest BCUT2D eigenvalue weighted by atomic mass is 28.3. The standard InChI is InChI=1S/C52H42Si2/c1-53(2)49-24-20-38(35-14-8-5-9-15-35)31-45(49)47-33-40(22-26-51(47)53)43-28-42(37-18-12-7-13-19-37)29-44(30-43)41-23-27-52-48(34-41)46-32-39(36-16-10-6-11-17-36)21-25-50(46)54(52,3)4/h5-34H,1-4H3. The van der Waals surface area contributed by atoms with Crippen molar-refractivity contribution in [2.24, 2.45) is 0 Å². The summed E-state index contributed by atoms with van der Waals surface area (Å²) in [5.41, 5.74) is 18.2. The third kappa shape index (κ3) is 5.24. The molecule has 0 aliphatic carbocycles. The van der Waals surface area contributed by atoms with E-state index in [-0.39, 0.29) is 0 Å². The molecule has 2 aliphatic rings. The average Bonchev–Trinajstić information content (AvgIpc) is 3.59. The van der Waals surface area contributed by atoms with Crippen molar-refractivity contribution in [2.45, 2.75) is 26.2 Å². The van der Waals surface area contributed by atoms with Crippen LogP contribution < -0.4 is 20.7 Å². The van der Waals surface area contributed by atoms with Gasteiger partial charge in [0, 0.05) is 0 Å². The van der Waals surface area contributed by atoms with Gasteiger partial charge in [-0.15, -0.1) is 0 Å². The number of fused-ring (bicyclic) bond motifs is 6. The predicted octanol–water partition coefficient (Wildman–Crippen LogP) is 11.6. The second-order valence-corrected chi connectivity index (χ2v) is 24.8.